The number of carbonyl (C=O) groups excluding carboxylic acids is 1. The Morgan fingerprint density at radius 3 is 2.90 bits per heavy atom. The van der Waals surface area contributed by atoms with Crippen LogP contribution in [0.1, 0.15) is 56.1 Å². The largest absolute Gasteiger partial charge is 0.375 e. The highest BCUT2D eigenvalue weighted by Gasteiger charge is 2.41. The molecule has 3 rings (SSSR count). The first-order valence-corrected chi connectivity index (χ1v) is 8.39. The Hall–Kier alpha value is -1.15. The van der Waals surface area contributed by atoms with Crippen molar-refractivity contribution in [1.82, 2.24) is 0 Å². The van der Waals surface area contributed by atoms with E-state index in [9.17, 15) is 4.79 Å². The maximum absolute atomic E-state index is 12.5. The van der Waals surface area contributed by atoms with Crippen LogP contribution >= 0.6 is 0 Å². The molecule has 1 saturated carbocycles. The first-order chi connectivity index (χ1) is 10.2. The van der Waals surface area contributed by atoms with E-state index in [0.29, 0.717) is 12.2 Å². The molecule has 0 N–H and O–H groups in total. The smallest absolute Gasteiger partial charge is 0.136 e. The van der Waals surface area contributed by atoms with E-state index in [0.717, 1.165) is 38.7 Å². The fourth-order valence-electron chi connectivity index (χ4n) is 4.01. The fourth-order valence-corrected chi connectivity index (χ4v) is 4.01. The van der Waals surface area contributed by atoms with E-state index in [1.165, 1.54) is 24.0 Å². The molecule has 0 amide bonds. The normalized spacial score (nSPS) is 24.3. The zero-order chi connectivity index (χ0) is 14.7. The van der Waals surface area contributed by atoms with Crippen LogP contribution in [0.15, 0.2) is 24.3 Å². The van der Waals surface area contributed by atoms with Gasteiger partial charge in [-0.3, -0.25) is 4.79 Å². The van der Waals surface area contributed by atoms with E-state index in [1.54, 1.807) is 0 Å². The SMILES string of the molecule is Cc1cccc(CCC(=O)C2CCOC3(CCCC3)C2)c1. The second-order valence-electron chi connectivity index (χ2n) is 6.88. The average Bonchev–Trinajstić information content (AvgIpc) is 2.93. The van der Waals surface area contributed by atoms with Crippen LogP contribution in [0.2, 0.25) is 0 Å². The van der Waals surface area contributed by atoms with Crippen molar-refractivity contribution in [3.8, 4) is 0 Å². The maximum Gasteiger partial charge on any atom is 0.136 e. The van der Waals surface area contributed by atoms with Gasteiger partial charge in [-0.05, 0) is 44.6 Å². The molecule has 2 fully saturated rings. The number of hydrogen-bond acceptors (Lipinski definition) is 2. The van der Waals surface area contributed by atoms with Crippen LogP contribution in [0.4, 0.5) is 0 Å². The lowest BCUT2D eigenvalue weighted by Gasteiger charge is -2.37. The molecule has 1 saturated heterocycles. The number of ether oxygens (including phenoxy) is 1. The predicted molar refractivity (Wildman–Crippen MR) is 84.4 cm³/mol. The molecule has 0 radical (unpaired) electrons. The molecule has 2 aliphatic rings. The van der Waals surface area contributed by atoms with Gasteiger partial charge in [0.2, 0.25) is 0 Å². The summed E-state index contributed by atoms with van der Waals surface area (Å²) in [6, 6.07) is 8.50. The van der Waals surface area contributed by atoms with Gasteiger partial charge >= 0.3 is 0 Å². The van der Waals surface area contributed by atoms with E-state index < -0.39 is 0 Å². The molecule has 2 nitrogen and oxygen atoms in total. The van der Waals surface area contributed by atoms with Crippen molar-refractivity contribution in [2.45, 2.75) is 63.9 Å². The number of benzene rings is 1. The number of hydrogen-bond donors (Lipinski definition) is 0. The molecule has 1 aromatic carbocycles. The van der Waals surface area contributed by atoms with Crippen molar-refractivity contribution >= 4 is 5.78 Å². The Bertz CT molecular complexity index is 500. The summed E-state index contributed by atoms with van der Waals surface area (Å²) in [6.45, 7) is 2.88. The van der Waals surface area contributed by atoms with Crippen LogP contribution in [0.5, 0.6) is 0 Å². The van der Waals surface area contributed by atoms with Crippen molar-refractivity contribution in [3.05, 3.63) is 35.4 Å². The first kappa shape index (κ1) is 14.8. The van der Waals surface area contributed by atoms with Crippen LogP contribution in [-0.2, 0) is 16.0 Å². The number of rotatable bonds is 4. The standard InChI is InChI=1S/C19H26O2/c1-15-5-4-6-16(13-15)7-8-18(20)17-9-12-21-19(14-17)10-2-3-11-19/h4-6,13,17H,2-3,7-12,14H2,1H3. The molecule has 1 spiro atoms. The van der Waals surface area contributed by atoms with Crippen molar-refractivity contribution in [2.24, 2.45) is 5.92 Å². The number of Topliss-reactive ketones (excluding diaryl/α,β-unsaturated/α-hetero) is 1. The van der Waals surface area contributed by atoms with E-state index in [1.807, 2.05) is 0 Å². The molecule has 0 bridgehead atoms. The lowest BCUT2D eigenvalue weighted by molar-refractivity contribution is -0.136. The molecular weight excluding hydrogens is 260 g/mol. The molecular formula is C19H26O2. The second-order valence-corrected chi connectivity index (χ2v) is 6.88. The Morgan fingerprint density at radius 2 is 2.14 bits per heavy atom. The third-order valence-corrected chi connectivity index (χ3v) is 5.21. The molecule has 114 valence electrons. The van der Waals surface area contributed by atoms with Gasteiger partial charge in [0.05, 0.1) is 5.60 Å². The van der Waals surface area contributed by atoms with E-state index >= 15 is 0 Å². The third kappa shape index (κ3) is 3.55. The van der Waals surface area contributed by atoms with Gasteiger partial charge in [-0.15, -0.1) is 0 Å². The minimum absolute atomic E-state index is 0.0575. The van der Waals surface area contributed by atoms with Gasteiger partial charge in [0.25, 0.3) is 0 Å². The average molecular weight is 286 g/mol. The summed E-state index contributed by atoms with van der Waals surface area (Å²) >= 11 is 0. The fraction of sp³-hybridized carbons (Fsp3) is 0.632. The Labute approximate surface area is 127 Å². The molecule has 21 heavy (non-hydrogen) atoms. The van der Waals surface area contributed by atoms with Gasteiger partial charge in [-0.25, -0.2) is 0 Å². The summed E-state index contributed by atoms with van der Waals surface area (Å²) in [7, 11) is 0. The van der Waals surface area contributed by atoms with Crippen LogP contribution in [-0.4, -0.2) is 18.0 Å². The zero-order valence-corrected chi connectivity index (χ0v) is 13.1. The van der Waals surface area contributed by atoms with Crippen molar-refractivity contribution < 1.29 is 9.53 Å². The van der Waals surface area contributed by atoms with Crippen LogP contribution in [0, 0.1) is 12.8 Å². The first-order valence-electron chi connectivity index (χ1n) is 8.39. The monoisotopic (exact) mass is 286 g/mol. The van der Waals surface area contributed by atoms with Crippen molar-refractivity contribution in [1.29, 1.82) is 0 Å². The van der Waals surface area contributed by atoms with Gasteiger partial charge in [0.15, 0.2) is 0 Å². The van der Waals surface area contributed by atoms with E-state index in [-0.39, 0.29) is 11.5 Å². The Kier molecular flexibility index (Phi) is 4.44. The summed E-state index contributed by atoms with van der Waals surface area (Å²) < 4.78 is 6.03. The molecule has 0 aromatic heterocycles. The molecule has 1 unspecified atom stereocenters. The summed E-state index contributed by atoms with van der Waals surface area (Å²) in [5, 5.41) is 0. The highest BCUT2D eigenvalue weighted by atomic mass is 16.5. The molecule has 2 heteroatoms. The molecule has 1 aromatic rings. The molecule has 1 atom stereocenters. The van der Waals surface area contributed by atoms with Crippen molar-refractivity contribution in [3.63, 3.8) is 0 Å². The lowest BCUT2D eigenvalue weighted by Crippen LogP contribution is -2.39. The quantitative estimate of drug-likeness (QED) is 0.827. The summed E-state index contributed by atoms with van der Waals surface area (Å²) in [6.07, 6.45) is 8.32. The maximum atomic E-state index is 12.5. The predicted octanol–water partition coefficient (Wildman–Crippen LogP) is 4.24. The third-order valence-electron chi connectivity index (χ3n) is 5.21. The minimum atomic E-state index is 0.0575. The number of ketones is 1. The summed E-state index contributed by atoms with van der Waals surface area (Å²) in [5.41, 5.74) is 2.61. The van der Waals surface area contributed by atoms with Gasteiger partial charge in [0.1, 0.15) is 5.78 Å². The molecule has 1 aliphatic heterocycles. The van der Waals surface area contributed by atoms with Crippen LogP contribution < -0.4 is 0 Å². The molecule has 1 heterocycles. The van der Waals surface area contributed by atoms with Gasteiger partial charge < -0.3 is 4.74 Å². The Balaban J connectivity index is 1.55. The highest BCUT2D eigenvalue weighted by Crippen LogP contribution is 2.42. The molecule has 1 aliphatic carbocycles. The lowest BCUT2D eigenvalue weighted by atomic mass is 9.81. The number of carbonyl (C=O) groups is 1. The van der Waals surface area contributed by atoms with Gasteiger partial charge in [-0.2, -0.15) is 0 Å². The summed E-state index contributed by atoms with van der Waals surface area (Å²) in [5.74, 6) is 0.688. The topological polar surface area (TPSA) is 26.3 Å². The van der Waals surface area contributed by atoms with Crippen LogP contribution in [0.25, 0.3) is 0 Å². The van der Waals surface area contributed by atoms with Gasteiger partial charge in [-0.1, -0.05) is 42.7 Å². The minimum Gasteiger partial charge on any atom is -0.375 e. The van der Waals surface area contributed by atoms with Gasteiger partial charge in [0, 0.05) is 18.9 Å². The highest BCUT2D eigenvalue weighted by molar-refractivity contribution is 5.81. The zero-order valence-electron chi connectivity index (χ0n) is 13.1. The van der Waals surface area contributed by atoms with E-state index in [2.05, 4.69) is 31.2 Å². The number of aryl methyl sites for hydroxylation is 2. The second kappa shape index (κ2) is 6.31. The van der Waals surface area contributed by atoms with Crippen LogP contribution in [0.3, 0.4) is 0 Å². The Morgan fingerprint density at radius 1 is 1.33 bits per heavy atom. The summed E-state index contributed by atoms with van der Waals surface area (Å²) in [4.78, 5) is 12.5. The van der Waals surface area contributed by atoms with E-state index in [4.69, 9.17) is 4.74 Å². The van der Waals surface area contributed by atoms with Crippen molar-refractivity contribution in [2.75, 3.05) is 6.61 Å².